The van der Waals surface area contributed by atoms with E-state index in [2.05, 4.69) is 20.4 Å². The van der Waals surface area contributed by atoms with Crippen LogP contribution in [-0.2, 0) is 14.2 Å². The van der Waals surface area contributed by atoms with Crippen LogP contribution in [0.4, 0.5) is 4.39 Å². The number of ether oxygens (including phenoxy) is 3. The van der Waals surface area contributed by atoms with Crippen molar-refractivity contribution in [1.29, 1.82) is 0 Å². The maximum Gasteiger partial charge on any atom is 0.190 e. The van der Waals surface area contributed by atoms with Gasteiger partial charge in [-0.25, -0.2) is 18.7 Å². The molecule has 3 aromatic carbocycles. The van der Waals surface area contributed by atoms with E-state index < -0.39 is 42.8 Å². The fraction of sp³-hybridized carbons (Fsp3) is 0.241. The minimum absolute atomic E-state index is 0.00986. The number of hydrogen-bond donors (Lipinski definition) is 1. The molecule has 5 aromatic rings. The van der Waals surface area contributed by atoms with Gasteiger partial charge in [0.25, 0.3) is 0 Å². The number of aliphatic hydroxyl groups excluding tert-OH is 1. The summed E-state index contributed by atoms with van der Waals surface area (Å²) in [6, 6.07) is 17.8. The molecular weight excluding hydrogens is 622 g/mol. The first kappa shape index (κ1) is 28.4. The third-order valence-corrected chi connectivity index (χ3v) is 8.18. The molecule has 4 heterocycles. The molecular formula is C29H22Cl3FN6O4. The molecule has 2 aliphatic rings. The average Bonchev–Trinajstić information content (AvgIpc) is 3.74. The van der Waals surface area contributed by atoms with Gasteiger partial charge in [0, 0.05) is 16.1 Å². The van der Waals surface area contributed by atoms with Gasteiger partial charge in [0.2, 0.25) is 0 Å². The predicted octanol–water partition coefficient (Wildman–Crippen LogP) is 6.05. The van der Waals surface area contributed by atoms with Crippen LogP contribution in [0.25, 0.3) is 16.9 Å². The first-order valence-electron chi connectivity index (χ1n) is 13.2. The van der Waals surface area contributed by atoms with Crippen molar-refractivity contribution in [2.75, 3.05) is 0 Å². The van der Waals surface area contributed by atoms with E-state index in [1.165, 1.54) is 21.5 Å². The quantitative estimate of drug-likeness (QED) is 0.247. The number of aromatic nitrogens is 6. The number of rotatable bonds is 5. The van der Waals surface area contributed by atoms with Gasteiger partial charge in [-0.2, -0.15) is 5.10 Å². The number of fused-ring (bicyclic) bond motifs is 1. The lowest BCUT2D eigenvalue weighted by Crippen LogP contribution is -2.50. The monoisotopic (exact) mass is 642 g/mol. The molecule has 6 unspecified atom stereocenters. The molecule has 2 saturated heterocycles. The smallest absolute Gasteiger partial charge is 0.190 e. The van der Waals surface area contributed by atoms with Crippen molar-refractivity contribution >= 4 is 34.8 Å². The van der Waals surface area contributed by atoms with E-state index >= 15 is 0 Å². The van der Waals surface area contributed by atoms with Crippen LogP contribution >= 0.6 is 34.8 Å². The summed E-state index contributed by atoms with van der Waals surface area (Å²) >= 11 is 18.7. The van der Waals surface area contributed by atoms with Gasteiger partial charge < -0.3 is 19.3 Å². The molecule has 0 amide bonds. The van der Waals surface area contributed by atoms with E-state index in [0.717, 1.165) is 5.56 Å². The van der Waals surface area contributed by atoms with Crippen molar-refractivity contribution in [3.63, 3.8) is 0 Å². The Balaban J connectivity index is 1.30. The Morgan fingerprint density at radius 1 is 0.930 bits per heavy atom. The molecule has 0 saturated carbocycles. The van der Waals surface area contributed by atoms with Crippen LogP contribution in [0.5, 0.6) is 0 Å². The minimum Gasteiger partial charge on any atom is -0.388 e. The van der Waals surface area contributed by atoms with Crippen molar-refractivity contribution in [2.45, 2.75) is 43.9 Å². The third kappa shape index (κ3) is 5.21. The second-order valence-electron chi connectivity index (χ2n) is 10.1. The number of hydrogen-bond acceptors (Lipinski definition) is 8. The predicted molar refractivity (Wildman–Crippen MR) is 154 cm³/mol. The Bertz CT molecular complexity index is 1800. The summed E-state index contributed by atoms with van der Waals surface area (Å²) in [7, 11) is 0. The highest BCUT2D eigenvalue weighted by Gasteiger charge is 2.55. The molecule has 10 nitrogen and oxygen atoms in total. The highest BCUT2D eigenvalue weighted by atomic mass is 35.5. The van der Waals surface area contributed by atoms with Gasteiger partial charge >= 0.3 is 0 Å². The number of aliphatic hydroxyl groups is 1. The first-order chi connectivity index (χ1) is 20.8. The lowest BCUT2D eigenvalue weighted by atomic mass is 9.95. The van der Waals surface area contributed by atoms with Crippen molar-refractivity contribution in [2.24, 2.45) is 0 Å². The first-order valence-corrected chi connectivity index (χ1v) is 14.4. The molecule has 2 fully saturated rings. The van der Waals surface area contributed by atoms with Crippen molar-refractivity contribution < 1.29 is 23.7 Å². The van der Waals surface area contributed by atoms with E-state index in [1.54, 1.807) is 37.4 Å². The Morgan fingerprint density at radius 2 is 1.72 bits per heavy atom. The van der Waals surface area contributed by atoms with Gasteiger partial charge in [0.05, 0.1) is 21.9 Å². The SMILES string of the molecule is Cc1nc(C2OC3OC(c4ccccc4)OC3C(n3cc(-c4ccc(Cl)c(F)c4)nn3)C2O)n(-c2cc(Cl)ccc2Cl)n1. The maximum atomic E-state index is 14.2. The summed E-state index contributed by atoms with van der Waals surface area (Å²) < 4.78 is 36.1. The van der Waals surface area contributed by atoms with E-state index in [4.69, 9.17) is 49.0 Å². The number of halogens is 4. The standard InChI is InChI=1S/C29H22Cl3FN6O4/c1-14-34-27(39(36-14)22-12-17(30)8-10-19(22)32)26-24(40)23(25-29(42-26)43-28(41-25)15-5-3-2-4-6-15)38-13-21(35-37-38)16-7-9-18(31)20(33)11-16/h2-13,23-26,28-29,40H,1H3. The summed E-state index contributed by atoms with van der Waals surface area (Å²) in [5.41, 5.74) is 2.05. The van der Waals surface area contributed by atoms with Gasteiger partial charge in [0.15, 0.2) is 18.4 Å². The fourth-order valence-electron chi connectivity index (χ4n) is 5.33. The Kier molecular flexibility index (Phi) is 7.42. The van der Waals surface area contributed by atoms with E-state index in [9.17, 15) is 9.50 Å². The summed E-state index contributed by atoms with van der Waals surface area (Å²) in [6.07, 6.45) is -3.28. The molecule has 7 rings (SSSR count). The molecule has 0 bridgehead atoms. The minimum atomic E-state index is -1.28. The zero-order chi connectivity index (χ0) is 29.8. The van der Waals surface area contributed by atoms with Crippen LogP contribution in [0, 0.1) is 12.7 Å². The van der Waals surface area contributed by atoms with Crippen LogP contribution in [0.15, 0.2) is 72.9 Å². The maximum absolute atomic E-state index is 14.2. The molecule has 0 spiro atoms. The van der Waals surface area contributed by atoms with Crippen LogP contribution in [0.1, 0.15) is 35.6 Å². The van der Waals surface area contributed by atoms with Crippen LogP contribution in [0.3, 0.4) is 0 Å². The van der Waals surface area contributed by atoms with E-state index in [-0.39, 0.29) is 10.8 Å². The van der Waals surface area contributed by atoms with Crippen LogP contribution in [-0.4, -0.2) is 53.4 Å². The lowest BCUT2D eigenvalue weighted by molar-refractivity contribution is -0.236. The van der Waals surface area contributed by atoms with Gasteiger partial charge in [-0.05, 0) is 37.3 Å². The summed E-state index contributed by atoms with van der Waals surface area (Å²) in [6.45, 7) is 1.71. The zero-order valence-corrected chi connectivity index (χ0v) is 24.5. The van der Waals surface area contributed by atoms with Gasteiger partial charge in [-0.3, -0.25) is 0 Å². The molecule has 43 heavy (non-hydrogen) atoms. The Labute approximate surface area is 259 Å². The van der Waals surface area contributed by atoms with Crippen LogP contribution < -0.4 is 0 Å². The Hall–Kier alpha value is -3.42. The molecule has 2 aromatic heterocycles. The fourth-order valence-corrected chi connectivity index (χ4v) is 5.81. The number of benzene rings is 3. The van der Waals surface area contributed by atoms with Crippen LogP contribution in [0.2, 0.25) is 15.1 Å². The van der Waals surface area contributed by atoms with E-state index in [0.29, 0.717) is 32.8 Å². The number of nitrogens with zero attached hydrogens (tertiary/aromatic N) is 6. The summed E-state index contributed by atoms with van der Waals surface area (Å²) in [5.74, 6) is 0.0936. The average molecular weight is 644 g/mol. The van der Waals surface area contributed by atoms with Crippen molar-refractivity contribution in [3.8, 4) is 16.9 Å². The molecule has 2 aliphatic heterocycles. The van der Waals surface area contributed by atoms with Crippen molar-refractivity contribution in [3.05, 3.63) is 111 Å². The second-order valence-corrected chi connectivity index (χ2v) is 11.4. The highest BCUT2D eigenvalue weighted by molar-refractivity contribution is 6.34. The largest absolute Gasteiger partial charge is 0.388 e. The van der Waals surface area contributed by atoms with Crippen molar-refractivity contribution in [1.82, 2.24) is 29.8 Å². The Morgan fingerprint density at radius 3 is 2.51 bits per heavy atom. The molecule has 220 valence electrons. The zero-order valence-electron chi connectivity index (χ0n) is 22.3. The van der Waals surface area contributed by atoms with Gasteiger partial charge in [-0.15, -0.1) is 5.10 Å². The van der Waals surface area contributed by atoms with E-state index in [1.807, 2.05) is 30.3 Å². The molecule has 0 radical (unpaired) electrons. The number of aryl methyl sites for hydroxylation is 1. The summed E-state index contributed by atoms with van der Waals surface area (Å²) in [5, 5.41) is 25.8. The van der Waals surface area contributed by atoms with Gasteiger partial charge in [0.1, 0.15) is 41.7 Å². The topological polar surface area (TPSA) is 109 Å². The summed E-state index contributed by atoms with van der Waals surface area (Å²) in [4.78, 5) is 4.59. The molecule has 1 N–H and O–H groups in total. The lowest BCUT2D eigenvalue weighted by Gasteiger charge is -2.39. The third-order valence-electron chi connectivity index (χ3n) is 7.32. The normalized spacial score (nSPS) is 25.2. The molecule has 14 heteroatoms. The second kappa shape index (κ2) is 11.3. The highest BCUT2D eigenvalue weighted by Crippen LogP contribution is 2.47. The molecule has 0 aliphatic carbocycles. The van der Waals surface area contributed by atoms with Gasteiger partial charge in [-0.1, -0.05) is 76.4 Å². The molecule has 6 atom stereocenters.